The molecule has 1 aliphatic rings. The van der Waals surface area contributed by atoms with Crippen molar-refractivity contribution in [3.63, 3.8) is 0 Å². The summed E-state index contributed by atoms with van der Waals surface area (Å²) in [7, 11) is 0. The van der Waals surface area contributed by atoms with E-state index < -0.39 is 5.60 Å². The maximum absolute atomic E-state index is 10.7. The van der Waals surface area contributed by atoms with E-state index in [1.165, 1.54) is 36.8 Å². The van der Waals surface area contributed by atoms with E-state index >= 15 is 0 Å². The lowest BCUT2D eigenvalue weighted by molar-refractivity contribution is -0.00341. The average Bonchev–Trinajstić information content (AvgIpc) is 2.69. The molecule has 1 aromatic rings. The highest BCUT2D eigenvalue weighted by Gasteiger charge is 2.35. The highest BCUT2D eigenvalue weighted by atomic mass is 16.3. The van der Waals surface area contributed by atoms with Gasteiger partial charge in [-0.1, -0.05) is 42.2 Å². The zero-order valence-electron chi connectivity index (χ0n) is 10.6. The summed E-state index contributed by atoms with van der Waals surface area (Å²) in [5.41, 5.74) is 2.94. The fourth-order valence-corrected chi connectivity index (χ4v) is 2.99. The molecule has 1 aliphatic carbocycles. The summed E-state index contributed by atoms with van der Waals surface area (Å²) in [6, 6.07) is 6.42. The minimum atomic E-state index is -0.646. The summed E-state index contributed by atoms with van der Waals surface area (Å²) in [6.07, 6.45) is 4.87. The maximum Gasteiger partial charge on any atom is 0.0896 e. The van der Waals surface area contributed by atoms with Crippen molar-refractivity contribution in [3.8, 4) is 0 Å². The van der Waals surface area contributed by atoms with E-state index in [0.717, 1.165) is 5.56 Å². The van der Waals surface area contributed by atoms with Crippen LogP contribution in [0.15, 0.2) is 18.2 Å². The second-order valence-electron chi connectivity index (χ2n) is 5.51. The molecule has 1 saturated carbocycles. The first-order valence-corrected chi connectivity index (χ1v) is 6.31. The second-order valence-corrected chi connectivity index (χ2v) is 5.51. The van der Waals surface area contributed by atoms with Crippen molar-refractivity contribution in [1.82, 2.24) is 0 Å². The lowest BCUT2D eigenvalue weighted by atomic mass is 9.81. The van der Waals surface area contributed by atoms with Gasteiger partial charge < -0.3 is 5.11 Å². The van der Waals surface area contributed by atoms with Crippen LogP contribution in [0, 0.1) is 19.8 Å². The van der Waals surface area contributed by atoms with Crippen LogP contribution in [-0.4, -0.2) is 5.11 Å². The number of hydrogen-bond acceptors (Lipinski definition) is 1. The molecule has 0 heterocycles. The maximum atomic E-state index is 10.7. The number of rotatable bonds is 2. The van der Waals surface area contributed by atoms with Crippen LogP contribution in [0.2, 0.25) is 0 Å². The number of aliphatic hydroxyl groups is 1. The molecule has 0 amide bonds. The molecule has 0 spiro atoms. The van der Waals surface area contributed by atoms with Crippen LogP contribution in [0.3, 0.4) is 0 Å². The Kier molecular flexibility index (Phi) is 3.07. The SMILES string of the molecule is Cc1cc(C)cc(C(C)(O)C2CCCC2)c1. The number of aryl methyl sites for hydroxylation is 2. The van der Waals surface area contributed by atoms with Gasteiger partial charge in [0.05, 0.1) is 5.60 Å². The summed E-state index contributed by atoms with van der Waals surface area (Å²) < 4.78 is 0. The van der Waals surface area contributed by atoms with Crippen molar-refractivity contribution in [3.05, 3.63) is 34.9 Å². The summed E-state index contributed by atoms with van der Waals surface area (Å²) in [5, 5.41) is 10.7. The third-order valence-electron chi connectivity index (χ3n) is 3.96. The van der Waals surface area contributed by atoms with Gasteiger partial charge in [0.1, 0.15) is 0 Å². The van der Waals surface area contributed by atoms with E-state index in [1.54, 1.807) is 0 Å². The number of benzene rings is 1. The normalized spacial score (nSPS) is 21.0. The van der Waals surface area contributed by atoms with Gasteiger partial charge >= 0.3 is 0 Å². The largest absolute Gasteiger partial charge is 0.385 e. The molecule has 0 aliphatic heterocycles. The fraction of sp³-hybridized carbons (Fsp3) is 0.600. The molecule has 1 aromatic carbocycles. The Bertz CT molecular complexity index is 353. The Morgan fingerprint density at radius 3 is 2.06 bits per heavy atom. The second kappa shape index (κ2) is 4.21. The Hall–Kier alpha value is -0.820. The van der Waals surface area contributed by atoms with Gasteiger partial charge in [0.25, 0.3) is 0 Å². The lowest BCUT2D eigenvalue weighted by Gasteiger charge is -2.31. The van der Waals surface area contributed by atoms with Crippen molar-refractivity contribution >= 4 is 0 Å². The van der Waals surface area contributed by atoms with E-state index in [-0.39, 0.29) is 0 Å². The third-order valence-corrected chi connectivity index (χ3v) is 3.96. The van der Waals surface area contributed by atoms with Crippen molar-refractivity contribution in [2.75, 3.05) is 0 Å². The van der Waals surface area contributed by atoms with E-state index in [4.69, 9.17) is 0 Å². The zero-order chi connectivity index (χ0) is 11.8. The molecule has 2 rings (SSSR count). The minimum absolute atomic E-state index is 0.439. The van der Waals surface area contributed by atoms with E-state index in [2.05, 4.69) is 32.0 Å². The number of hydrogen-bond donors (Lipinski definition) is 1. The first kappa shape index (κ1) is 11.7. The van der Waals surface area contributed by atoms with E-state index in [9.17, 15) is 5.11 Å². The Labute approximate surface area is 98.5 Å². The van der Waals surface area contributed by atoms with Gasteiger partial charge in [-0.25, -0.2) is 0 Å². The Morgan fingerprint density at radius 2 is 1.56 bits per heavy atom. The van der Waals surface area contributed by atoms with Gasteiger partial charge in [-0.05, 0) is 45.1 Å². The molecule has 1 fully saturated rings. The molecule has 1 nitrogen and oxygen atoms in total. The minimum Gasteiger partial charge on any atom is -0.385 e. The summed E-state index contributed by atoms with van der Waals surface area (Å²) in [4.78, 5) is 0. The van der Waals surface area contributed by atoms with Gasteiger partial charge in [0.2, 0.25) is 0 Å². The van der Waals surface area contributed by atoms with Crippen LogP contribution in [-0.2, 0) is 5.60 Å². The molecule has 16 heavy (non-hydrogen) atoms. The molecular weight excluding hydrogens is 196 g/mol. The molecule has 0 saturated heterocycles. The van der Waals surface area contributed by atoms with E-state index in [0.29, 0.717) is 5.92 Å². The summed E-state index contributed by atoms with van der Waals surface area (Å²) >= 11 is 0. The molecule has 1 heteroatoms. The van der Waals surface area contributed by atoms with Crippen LogP contribution < -0.4 is 0 Å². The smallest absolute Gasteiger partial charge is 0.0896 e. The molecule has 0 aromatic heterocycles. The monoisotopic (exact) mass is 218 g/mol. The van der Waals surface area contributed by atoms with Crippen molar-refractivity contribution in [2.24, 2.45) is 5.92 Å². The van der Waals surface area contributed by atoms with Gasteiger partial charge in [0.15, 0.2) is 0 Å². The van der Waals surface area contributed by atoms with Crippen molar-refractivity contribution in [1.29, 1.82) is 0 Å². The quantitative estimate of drug-likeness (QED) is 0.802. The zero-order valence-corrected chi connectivity index (χ0v) is 10.6. The van der Waals surface area contributed by atoms with Gasteiger partial charge in [-0.2, -0.15) is 0 Å². The average molecular weight is 218 g/mol. The lowest BCUT2D eigenvalue weighted by Crippen LogP contribution is -2.30. The first-order chi connectivity index (χ1) is 7.50. The van der Waals surface area contributed by atoms with Crippen LogP contribution in [0.25, 0.3) is 0 Å². The molecule has 1 atom stereocenters. The molecule has 88 valence electrons. The predicted molar refractivity (Wildman–Crippen MR) is 67.4 cm³/mol. The van der Waals surface area contributed by atoms with E-state index in [1.807, 2.05) is 6.92 Å². The van der Waals surface area contributed by atoms with Crippen LogP contribution in [0.5, 0.6) is 0 Å². The highest BCUT2D eigenvalue weighted by Crippen LogP contribution is 2.40. The molecular formula is C15H22O. The van der Waals surface area contributed by atoms with Gasteiger partial charge in [-0.3, -0.25) is 0 Å². The first-order valence-electron chi connectivity index (χ1n) is 6.31. The molecule has 0 radical (unpaired) electrons. The third kappa shape index (κ3) is 2.15. The Balaban J connectivity index is 2.33. The van der Waals surface area contributed by atoms with Crippen molar-refractivity contribution < 1.29 is 5.11 Å². The highest BCUT2D eigenvalue weighted by molar-refractivity contribution is 5.32. The predicted octanol–water partition coefficient (Wildman–Crippen LogP) is 3.70. The van der Waals surface area contributed by atoms with Crippen LogP contribution in [0.1, 0.15) is 49.3 Å². The van der Waals surface area contributed by atoms with Crippen LogP contribution >= 0.6 is 0 Å². The van der Waals surface area contributed by atoms with Crippen LogP contribution in [0.4, 0.5) is 0 Å². The molecule has 1 unspecified atom stereocenters. The molecule has 1 N–H and O–H groups in total. The Morgan fingerprint density at radius 1 is 1.06 bits per heavy atom. The topological polar surface area (TPSA) is 20.2 Å². The summed E-state index contributed by atoms with van der Waals surface area (Å²) in [6.45, 7) is 6.18. The van der Waals surface area contributed by atoms with Crippen molar-refractivity contribution in [2.45, 2.75) is 52.1 Å². The summed E-state index contributed by atoms with van der Waals surface area (Å²) in [5.74, 6) is 0.439. The van der Waals surface area contributed by atoms with Gasteiger partial charge in [-0.15, -0.1) is 0 Å². The van der Waals surface area contributed by atoms with Gasteiger partial charge in [0, 0.05) is 0 Å². The molecule has 0 bridgehead atoms. The fourth-order valence-electron chi connectivity index (χ4n) is 2.99. The standard InChI is InChI=1S/C15H22O/c1-11-8-12(2)10-14(9-11)15(3,16)13-6-4-5-7-13/h8-10,13,16H,4-7H2,1-3H3.